The maximum absolute atomic E-state index is 13.3. The van der Waals surface area contributed by atoms with Crippen LogP contribution in [0.4, 0.5) is 10.1 Å². The van der Waals surface area contributed by atoms with Gasteiger partial charge in [0.15, 0.2) is 5.79 Å². The number of carbonyl (C=O) groups is 1. The summed E-state index contributed by atoms with van der Waals surface area (Å²) in [6, 6.07) is 3.21. The molecule has 0 radical (unpaired) electrons. The summed E-state index contributed by atoms with van der Waals surface area (Å²) in [4.78, 5) is 11.8. The van der Waals surface area contributed by atoms with Gasteiger partial charge in [0.2, 0.25) is 10.0 Å². The van der Waals surface area contributed by atoms with Crippen LogP contribution in [-0.2, 0) is 24.3 Å². The molecule has 1 aliphatic carbocycles. The van der Waals surface area contributed by atoms with Crippen LogP contribution in [0.15, 0.2) is 29.8 Å². The normalized spacial score (nSPS) is 26.3. The van der Waals surface area contributed by atoms with Crippen LogP contribution in [0, 0.1) is 5.82 Å². The Bertz CT molecular complexity index is 925. The Kier molecular flexibility index (Phi) is 6.18. The molecule has 1 aromatic carbocycles. The van der Waals surface area contributed by atoms with E-state index in [0.29, 0.717) is 0 Å². The van der Waals surface area contributed by atoms with Crippen molar-refractivity contribution in [1.29, 1.82) is 0 Å². The SMILES string of the molecule is O=C(O)C1=CC2(CCC1S(=O)(=O)Nc1ccc(F)c(Cl)c1)O[C@H](CO)[C@@H](CO)O2. The highest BCUT2D eigenvalue weighted by Crippen LogP contribution is 2.41. The van der Waals surface area contributed by atoms with Crippen LogP contribution >= 0.6 is 11.6 Å². The number of carboxylic acid groups (broad SMARTS) is 1. The molecule has 1 saturated heterocycles. The van der Waals surface area contributed by atoms with Gasteiger partial charge in [0, 0.05) is 6.42 Å². The molecule has 1 heterocycles. The largest absolute Gasteiger partial charge is 0.478 e. The monoisotopic (exact) mass is 451 g/mol. The number of aliphatic hydroxyl groups is 2. The van der Waals surface area contributed by atoms with E-state index in [2.05, 4.69) is 4.72 Å². The zero-order valence-electron chi connectivity index (χ0n) is 14.9. The van der Waals surface area contributed by atoms with Gasteiger partial charge in [0.25, 0.3) is 0 Å². The maximum Gasteiger partial charge on any atom is 0.332 e. The van der Waals surface area contributed by atoms with Crippen molar-refractivity contribution in [2.75, 3.05) is 17.9 Å². The number of rotatable bonds is 6. The second kappa shape index (κ2) is 8.17. The molecule has 29 heavy (non-hydrogen) atoms. The molecule has 1 fully saturated rings. The van der Waals surface area contributed by atoms with E-state index in [4.69, 9.17) is 21.1 Å². The molecule has 2 aliphatic rings. The van der Waals surface area contributed by atoms with Gasteiger partial charge < -0.3 is 24.8 Å². The third-order valence-electron chi connectivity index (χ3n) is 4.75. The maximum atomic E-state index is 13.3. The molecule has 0 amide bonds. The van der Waals surface area contributed by atoms with Gasteiger partial charge >= 0.3 is 5.97 Å². The van der Waals surface area contributed by atoms with Gasteiger partial charge in [-0.25, -0.2) is 17.6 Å². The Hall–Kier alpha value is -1.76. The number of nitrogens with one attached hydrogen (secondary N) is 1. The molecular weight excluding hydrogens is 433 g/mol. The van der Waals surface area contributed by atoms with Crippen LogP contribution in [0.5, 0.6) is 0 Å². The van der Waals surface area contributed by atoms with Crippen LogP contribution in [-0.4, -0.2) is 66.2 Å². The summed E-state index contributed by atoms with van der Waals surface area (Å²) in [7, 11) is -4.23. The van der Waals surface area contributed by atoms with E-state index in [1.807, 2.05) is 0 Å². The Balaban J connectivity index is 1.90. The second-order valence-corrected chi connectivity index (χ2v) is 8.97. The van der Waals surface area contributed by atoms with Crippen LogP contribution in [0.25, 0.3) is 0 Å². The average Bonchev–Trinajstić information content (AvgIpc) is 3.01. The van der Waals surface area contributed by atoms with Crippen molar-refractivity contribution in [3.05, 3.63) is 40.7 Å². The number of anilines is 1. The minimum absolute atomic E-state index is 0.0181. The van der Waals surface area contributed by atoms with Gasteiger partial charge in [-0.1, -0.05) is 11.6 Å². The van der Waals surface area contributed by atoms with Crippen molar-refractivity contribution in [3.8, 4) is 0 Å². The van der Waals surface area contributed by atoms with Crippen molar-refractivity contribution in [3.63, 3.8) is 0 Å². The van der Waals surface area contributed by atoms with E-state index < -0.39 is 63.8 Å². The summed E-state index contributed by atoms with van der Waals surface area (Å²) < 4.78 is 52.3. The fourth-order valence-electron chi connectivity index (χ4n) is 3.39. The Morgan fingerprint density at radius 2 is 1.90 bits per heavy atom. The van der Waals surface area contributed by atoms with Gasteiger partial charge in [0.1, 0.15) is 23.3 Å². The Morgan fingerprint density at radius 3 is 2.41 bits per heavy atom. The minimum Gasteiger partial charge on any atom is -0.478 e. The first-order valence-corrected chi connectivity index (χ1v) is 10.5. The second-order valence-electron chi connectivity index (χ2n) is 6.70. The number of sulfonamides is 1. The predicted molar refractivity (Wildman–Crippen MR) is 99.3 cm³/mol. The van der Waals surface area contributed by atoms with Crippen LogP contribution in [0.2, 0.25) is 5.02 Å². The summed E-state index contributed by atoms with van der Waals surface area (Å²) in [6.07, 6.45) is -0.887. The molecule has 9 nitrogen and oxygen atoms in total. The number of aliphatic hydroxyl groups excluding tert-OH is 2. The zero-order valence-corrected chi connectivity index (χ0v) is 16.5. The molecule has 3 rings (SSSR count). The predicted octanol–water partition coefficient (Wildman–Crippen LogP) is 0.859. The molecule has 1 spiro atoms. The summed E-state index contributed by atoms with van der Waals surface area (Å²) in [5.74, 6) is -3.77. The molecule has 0 bridgehead atoms. The van der Waals surface area contributed by atoms with Crippen LogP contribution < -0.4 is 4.72 Å². The van der Waals surface area contributed by atoms with Crippen molar-refractivity contribution in [1.82, 2.24) is 0 Å². The Morgan fingerprint density at radius 1 is 1.28 bits per heavy atom. The van der Waals surface area contributed by atoms with Gasteiger partial charge in [-0.05, 0) is 30.7 Å². The fraction of sp³-hybridized carbons (Fsp3) is 0.471. The summed E-state index contributed by atoms with van der Waals surface area (Å²) in [6.45, 7) is -0.921. The first kappa shape index (κ1) is 21.9. The molecule has 0 aromatic heterocycles. The smallest absolute Gasteiger partial charge is 0.332 e. The quantitative estimate of drug-likeness (QED) is 0.498. The molecule has 12 heteroatoms. The number of halogens is 2. The van der Waals surface area contributed by atoms with E-state index in [1.54, 1.807) is 0 Å². The fourth-order valence-corrected chi connectivity index (χ4v) is 5.10. The molecule has 160 valence electrons. The number of hydrogen-bond donors (Lipinski definition) is 4. The van der Waals surface area contributed by atoms with Crippen molar-refractivity contribution < 1.29 is 42.4 Å². The highest BCUT2D eigenvalue weighted by Gasteiger charge is 2.51. The van der Waals surface area contributed by atoms with Gasteiger partial charge in [-0.15, -0.1) is 0 Å². The van der Waals surface area contributed by atoms with Gasteiger partial charge in [0.05, 0.1) is 29.5 Å². The molecule has 1 aromatic rings. The Labute approximate surface area is 170 Å². The molecule has 0 saturated carbocycles. The third kappa shape index (κ3) is 4.39. The number of aliphatic carboxylic acids is 1. The third-order valence-corrected chi connectivity index (χ3v) is 6.80. The number of carboxylic acids is 1. The van der Waals surface area contributed by atoms with Crippen LogP contribution in [0.1, 0.15) is 12.8 Å². The first-order chi connectivity index (χ1) is 13.6. The number of benzene rings is 1. The van der Waals surface area contributed by atoms with Crippen LogP contribution in [0.3, 0.4) is 0 Å². The van der Waals surface area contributed by atoms with Crippen molar-refractivity contribution >= 4 is 33.3 Å². The zero-order chi connectivity index (χ0) is 21.4. The lowest BCUT2D eigenvalue weighted by Gasteiger charge is -2.33. The summed E-state index contributed by atoms with van der Waals surface area (Å²) >= 11 is 5.66. The van der Waals surface area contributed by atoms with E-state index in [-0.39, 0.29) is 23.6 Å². The summed E-state index contributed by atoms with van der Waals surface area (Å²) in [5, 5.41) is 26.5. The standard InChI is InChI=1S/C17H19ClFNO8S/c18-11-5-9(1-2-12(11)19)20-29(25,26)15-3-4-17(6-10(15)16(23)24)27-13(7-21)14(8-22)28-17/h1-2,5-6,13-15,20-22H,3-4,7-8H2,(H,23,24)/t13-,14-,15?/m1/s1. The molecule has 3 atom stereocenters. The highest BCUT2D eigenvalue weighted by atomic mass is 35.5. The lowest BCUT2D eigenvalue weighted by atomic mass is 9.94. The molecular formula is C17H19ClFNO8S. The van der Waals surface area contributed by atoms with E-state index in [1.165, 1.54) is 0 Å². The van der Waals surface area contributed by atoms with E-state index in [0.717, 1.165) is 24.3 Å². The lowest BCUT2D eigenvalue weighted by Crippen LogP contribution is -2.42. The first-order valence-electron chi connectivity index (χ1n) is 8.61. The van der Waals surface area contributed by atoms with Crippen molar-refractivity contribution in [2.45, 2.75) is 36.1 Å². The average molecular weight is 452 g/mol. The topological polar surface area (TPSA) is 142 Å². The number of hydrogen-bond acceptors (Lipinski definition) is 7. The molecule has 1 aliphatic heterocycles. The highest BCUT2D eigenvalue weighted by molar-refractivity contribution is 7.93. The minimum atomic E-state index is -4.23. The summed E-state index contributed by atoms with van der Waals surface area (Å²) in [5.41, 5.74) is -0.497. The molecule has 4 N–H and O–H groups in total. The lowest BCUT2D eigenvalue weighted by molar-refractivity contribution is -0.153. The van der Waals surface area contributed by atoms with Gasteiger partial charge in [-0.2, -0.15) is 0 Å². The molecule has 1 unspecified atom stereocenters. The van der Waals surface area contributed by atoms with Crippen molar-refractivity contribution in [2.24, 2.45) is 0 Å². The number of ether oxygens (including phenoxy) is 2. The van der Waals surface area contributed by atoms with E-state index >= 15 is 0 Å². The van der Waals surface area contributed by atoms with Gasteiger partial charge in [-0.3, -0.25) is 4.72 Å². The van der Waals surface area contributed by atoms with E-state index in [9.17, 15) is 32.9 Å².